The van der Waals surface area contributed by atoms with E-state index in [-0.39, 0.29) is 0 Å². The fraction of sp³-hybridized carbons (Fsp3) is 0. The Morgan fingerprint density at radius 2 is 2.17 bits per heavy atom. The van der Waals surface area contributed by atoms with E-state index in [1.807, 2.05) is 18.2 Å². The quantitative estimate of drug-likeness (QED) is 0.608. The molecule has 0 saturated heterocycles. The summed E-state index contributed by atoms with van der Waals surface area (Å²) in [5.74, 6) is 0. The highest BCUT2D eigenvalue weighted by Crippen LogP contribution is 2.10. The van der Waals surface area contributed by atoms with Crippen LogP contribution in [-0.2, 0) is 11.3 Å². The Morgan fingerprint density at radius 1 is 1.42 bits per heavy atom. The van der Waals surface area contributed by atoms with Gasteiger partial charge in [0.2, 0.25) is 0 Å². The molecule has 12 heavy (non-hydrogen) atoms. The van der Waals surface area contributed by atoms with Crippen LogP contribution in [0.5, 0.6) is 0 Å². The summed E-state index contributed by atoms with van der Waals surface area (Å²) in [5.41, 5.74) is 0.682. The molecule has 62 valence electrons. The van der Waals surface area contributed by atoms with Crippen LogP contribution in [0, 0.1) is 0 Å². The van der Waals surface area contributed by atoms with Gasteiger partial charge in [-0.15, -0.1) is 0 Å². The van der Waals surface area contributed by atoms with Gasteiger partial charge in [0.15, 0.2) is 0 Å². The van der Waals surface area contributed by atoms with E-state index in [9.17, 15) is 8.76 Å². The first-order chi connectivity index (χ1) is 5.77. The average molecular weight is 181 g/mol. The maximum absolute atomic E-state index is 10.5. The van der Waals surface area contributed by atoms with Crippen molar-refractivity contribution < 1.29 is 8.76 Å². The highest BCUT2D eigenvalue weighted by Gasteiger charge is 1.97. The van der Waals surface area contributed by atoms with E-state index >= 15 is 0 Å². The number of aromatic nitrogens is 2. The van der Waals surface area contributed by atoms with Crippen molar-refractivity contribution in [2.24, 2.45) is 0 Å². The van der Waals surface area contributed by atoms with Crippen molar-refractivity contribution in [2.45, 2.75) is 0 Å². The summed E-state index contributed by atoms with van der Waals surface area (Å²) in [6, 6.07) is 7.22. The zero-order valence-electron chi connectivity index (χ0n) is 6.01. The molecule has 5 heteroatoms. The summed E-state index contributed by atoms with van der Waals surface area (Å²) in [6.07, 6.45) is 1.47. The summed E-state index contributed by atoms with van der Waals surface area (Å²) in [6.45, 7) is 0. The van der Waals surface area contributed by atoms with Crippen molar-refractivity contribution in [3.63, 3.8) is 0 Å². The van der Waals surface area contributed by atoms with Crippen molar-refractivity contribution >= 4 is 22.2 Å². The second-order valence-corrected chi connectivity index (χ2v) is 3.12. The molecule has 1 aromatic carbocycles. The van der Waals surface area contributed by atoms with Crippen molar-refractivity contribution in [1.82, 2.24) is 9.19 Å². The van der Waals surface area contributed by atoms with Crippen LogP contribution in [0.4, 0.5) is 0 Å². The van der Waals surface area contributed by atoms with E-state index in [4.69, 9.17) is 0 Å². The Hall–Kier alpha value is -1.20. The second kappa shape index (κ2) is 2.69. The topological polar surface area (TPSA) is 57.9 Å². The van der Waals surface area contributed by atoms with Crippen LogP contribution in [0.1, 0.15) is 0 Å². The van der Waals surface area contributed by atoms with Gasteiger partial charge in [0, 0.05) is 11.6 Å². The molecular formula is C7H5N2O2S-. The first-order valence-electron chi connectivity index (χ1n) is 3.31. The highest BCUT2D eigenvalue weighted by atomic mass is 32.2. The van der Waals surface area contributed by atoms with Crippen molar-refractivity contribution in [3.05, 3.63) is 30.5 Å². The number of hydrogen-bond donors (Lipinski definition) is 0. The molecule has 0 aliphatic rings. The summed E-state index contributed by atoms with van der Waals surface area (Å²) in [4.78, 5) is 0. The third-order valence-electron chi connectivity index (χ3n) is 1.55. The Morgan fingerprint density at radius 3 is 2.83 bits per heavy atom. The number of benzene rings is 1. The Balaban J connectivity index is 2.70. The summed E-state index contributed by atoms with van der Waals surface area (Å²) < 4.78 is 21.8. The molecule has 0 N–H and O–H groups in total. The van der Waals surface area contributed by atoms with Gasteiger partial charge in [-0.25, -0.2) is 0 Å². The van der Waals surface area contributed by atoms with Gasteiger partial charge in [0.05, 0.1) is 16.8 Å². The maximum atomic E-state index is 10.5. The van der Waals surface area contributed by atoms with Gasteiger partial charge in [0.25, 0.3) is 0 Å². The molecule has 0 amide bonds. The molecule has 1 heterocycles. The normalized spacial score (nSPS) is 13.4. The Kier molecular flexibility index (Phi) is 1.67. The van der Waals surface area contributed by atoms with Gasteiger partial charge in [-0.1, -0.05) is 18.2 Å². The summed E-state index contributed by atoms with van der Waals surface area (Å²) in [5, 5.41) is 4.64. The molecule has 1 aromatic heterocycles. The molecule has 0 fully saturated rings. The lowest BCUT2D eigenvalue weighted by Crippen LogP contribution is -2.02. The van der Waals surface area contributed by atoms with E-state index in [0.29, 0.717) is 5.52 Å². The zero-order chi connectivity index (χ0) is 8.55. The van der Waals surface area contributed by atoms with Crippen LogP contribution < -0.4 is 0 Å². The van der Waals surface area contributed by atoms with E-state index in [1.54, 1.807) is 6.07 Å². The van der Waals surface area contributed by atoms with E-state index in [2.05, 4.69) is 5.10 Å². The fourth-order valence-electron chi connectivity index (χ4n) is 1.02. The molecule has 2 rings (SSSR count). The van der Waals surface area contributed by atoms with Crippen LogP contribution in [0.25, 0.3) is 10.9 Å². The maximum Gasteiger partial charge on any atom is 0.0934 e. The number of hydrogen-bond acceptors (Lipinski definition) is 3. The second-order valence-electron chi connectivity index (χ2n) is 2.31. The fourth-order valence-corrected chi connectivity index (χ4v) is 1.37. The SMILES string of the molecule is O=S([O-])n1cc2ccccc2n1. The predicted octanol–water partition coefficient (Wildman–Crippen LogP) is 0.678. The largest absolute Gasteiger partial charge is 0.754 e. The number of nitrogens with zero attached hydrogens (tertiary/aromatic N) is 2. The van der Waals surface area contributed by atoms with Gasteiger partial charge in [-0.05, 0) is 6.07 Å². The van der Waals surface area contributed by atoms with Gasteiger partial charge in [-0.3, -0.25) is 4.21 Å². The lowest BCUT2D eigenvalue weighted by Gasteiger charge is -2.00. The lowest BCUT2D eigenvalue weighted by molar-refractivity contribution is 0.522. The minimum absolute atomic E-state index is 0.682. The third kappa shape index (κ3) is 1.13. The first kappa shape index (κ1) is 7.45. The standard InChI is InChI=1S/C7H6N2O2S/c10-12(11)9-5-6-3-1-2-4-7(6)8-9/h1-5H,(H,10,11)/p-1. The third-order valence-corrected chi connectivity index (χ3v) is 2.04. The van der Waals surface area contributed by atoms with Crippen LogP contribution in [-0.4, -0.2) is 17.9 Å². The number of rotatable bonds is 1. The van der Waals surface area contributed by atoms with Crippen LogP contribution in [0.15, 0.2) is 30.5 Å². The number of fused-ring (bicyclic) bond motifs is 1. The average Bonchev–Trinajstić information content (AvgIpc) is 2.46. The predicted molar refractivity (Wildman–Crippen MR) is 44.1 cm³/mol. The Bertz CT molecular complexity index is 405. The molecule has 2 aromatic rings. The van der Waals surface area contributed by atoms with Crippen LogP contribution >= 0.6 is 0 Å². The highest BCUT2D eigenvalue weighted by molar-refractivity contribution is 7.77. The van der Waals surface area contributed by atoms with Crippen molar-refractivity contribution in [2.75, 3.05) is 0 Å². The molecule has 4 nitrogen and oxygen atoms in total. The van der Waals surface area contributed by atoms with Crippen molar-refractivity contribution in [3.8, 4) is 0 Å². The van der Waals surface area contributed by atoms with Gasteiger partial charge < -0.3 is 4.55 Å². The van der Waals surface area contributed by atoms with Gasteiger partial charge >= 0.3 is 0 Å². The molecule has 1 unspecified atom stereocenters. The molecule has 0 bridgehead atoms. The molecule has 0 saturated carbocycles. The van der Waals surface area contributed by atoms with Gasteiger partial charge in [0.1, 0.15) is 0 Å². The molecule has 0 aliphatic heterocycles. The molecular weight excluding hydrogens is 176 g/mol. The van der Waals surface area contributed by atoms with E-state index in [0.717, 1.165) is 9.47 Å². The van der Waals surface area contributed by atoms with Crippen LogP contribution in [0.2, 0.25) is 0 Å². The van der Waals surface area contributed by atoms with Gasteiger partial charge in [-0.2, -0.15) is 9.19 Å². The van der Waals surface area contributed by atoms with E-state index < -0.39 is 11.3 Å². The molecule has 0 aliphatic carbocycles. The minimum Gasteiger partial charge on any atom is -0.754 e. The Labute approximate surface area is 71.2 Å². The molecule has 0 radical (unpaired) electrons. The lowest BCUT2D eigenvalue weighted by atomic mass is 10.3. The van der Waals surface area contributed by atoms with Crippen LogP contribution in [0.3, 0.4) is 0 Å². The summed E-state index contributed by atoms with van der Waals surface area (Å²) in [7, 11) is 0. The van der Waals surface area contributed by atoms with E-state index in [1.165, 1.54) is 6.20 Å². The zero-order valence-corrected chi connectivity index (χ0v) is 6.82. The monoisotopic (exact) mass is 181 g/mol. The van der Waals surface area contributed by atoms with Crippen molar-refractivity contribution in [1.29, 1.82) is 0 Å². The molecule has 0 spiro atoms. The first-order valence-corrected chi connectivity index (χ1v) is 4.35. The smallest absolute Gasteiger partial charge is 0.0934 e. The summed E-state index contributed by atoms with van der Waals surface area (Å²) >= 11 is -2.31. The molecule has 1 atom stereocenters. The minimum atomic E-state index is -2.31.